The van der Waals surface area contributed by atoms with Gasteiger partial charge < -0.3 is 14.8 Å². The molecule has 0 aliphatic carbocycles. The molecule has 0 heterocycles. The lowest BCUT2D eigenvalue weighted by molar-refractivity contribution is -0.139. The molecule has 0 aliphatic rings. The highest BCUT2D eigenvalue weighted by atomic mass is 79.9. The molecule has 0 atom stereocenters. The average molecular weight is 476 g/mol. The Labute approximate surface area is 185 Å². The van der Waals surface area contributed by atoms with Crippen LogP contribution in [-0.4, -0.2) is 31.2 Å². The van der Waals surface area contributed by atoms with Gasteiger partial charge in [-0.2, -0.15) is 5.10 Å². The van der Waals surface area contributed by atoms with E-state index in [1.807, 2.05) is 45.0 Å². The van der Waals surface area contributed by atoms with Crippen LogP contribution in [0.15, 0.2) is 52.0 Å². The molecule has 2 aromatic carbocycles. The topological polar surface area (TPSA) is 89.0 Å². The summed E-state index contributed by atoms with van der Waals surface area (Å²) in [4.78, 5) is 23.4. The first-order chi connectivity index (χ1) is 14.4. The Balaban J connectivity index is 1.97. The molecule has 2 rings (SSSR count). The number of carbonyl (C=O) groups excluding carboxylic acids is 2. The van der Waals surface area contributed by atoms with Crippen molar-refractivity contribution in [1.82, 2.24) is 10.7 Å². The Kier molecular flexibility index (Phi) is 9.34. The minimum Gasteiger partial charge on any atom is -0.490 e. The summed E-state index contributed by atoms with van der Waals surface area (Å²) in [6.07, 6.45) is 1.44. The first-order valence-corrected chi connectivity index (χ1v) is 10.4. The summed E-state index contributed by atoms with van der Waals surface area (Å²) in [5.41, 5.74) is 3.94. The van der Waals surface area contributed by atoms with E-state index in [1.165, 1.54) is 6.21 Å². The van der Waals surface area contributed by atoms with E-state index in [4.69, 9.17) is 9.47 Å². The van der Waals surface area contributed by atoms with Gasteiger partial charge in [-0.15, -0.1) is 0 Å². The van der Waals surface area contributed by atoms with Crippen molar-refractivity contribution in [2.75, 3.05) is 13.2 Å². The SMILES string of the molecule is CCOc1cc(/C=N\NC(=O)C(=O)NCC(C)C)ccc1OCc1ccc(Br)cc1. The summed E-state index contributed by atoms with van der Waals surface area (Å²) in [6.45, 7) is 7.08. The lowest BCUT2D eigenvalue weighted by Gasteiger charge is -2.12. The van der Waals surface area contributed by atoms with Crippen LogP contribution in [-0.2, 0) is 16.2 Å². The molecular formula is C22H26BrN3O4. The number of nitrogens with one attached hydrogen (secondary N) is 2. The number of hydrogen-bond donors (Lipinski definition) is 2. The van der Waals surface area contributed by atoms with Crippen molar-refractivity contribution >= 4 is 34.0 Å². The van der Waals surface area contributed by atoms with Gasteiger partial charge in [0.1, 0.15) is 6.61 Å². The highest BCUT2D eigenvalue weighted by Crippen LogP contribution is 2.29. The van der Waals surface area contributed by atoms with Crippen molar-refractivity contribution in [1.29, 1.82) is 0 Å². The van der Waals surface area contributed by atoms with Gasteiger partial charge in [-0.05, 0) is 54.3 Å². The Morgan fingerprint density at radius 2 is 1.80 bits per heavy atom. The first kappa shape index (κ1) is 23.4. The van der Waals surface area contributed by atoms with Crippen molar-refractivity contribution < 1.29 is 19.1 Å². The number of nitrogens with zero attached hydrogens (tertiary/aromatic N) is 1. The van der Waals surface area contributed by atoms with Crippen molar-refractivity contribution in [2.45, 2.75) is 27.4 Å². The monoisotopic (exact) mass is 475 g/mol. The van der Waals surface area contributed by atoms with Crippen LogP contribution in [0, 0.1) is 5.92 Å². The lowest BCUT2D eigenvalue weighted by atomic mass is 10.2. The van der Waals surface area contributed by atoms with Gasteiger partial charge in [-0.25, -0.2) is 5.43 Å². The second-order valence-electron chi connectivity index (χ2n) is 6.86. The van der Waals surface area contributed by atoms with E-state index in [9.17, 15) is 9.59 Å². The molecule has 0 saturated heterocycles. The van der Waals surface area contributed by atoms with Gasteiger partial charge in [0.05, 0.1) is 12.8 Å². The smallest absolute Gasteiger partial charge is 0.329 e. The number of halogens is 1. The normalized spacial score (nSPS) is 10.8. The molecule has 160 valence electrons. The third-order valence-electron chi connectivity index (χ3n) is 3.83. The van der Waals surface area contributed by atoms with Gasteiger partial charge in [0.25, 0.3) is 0 Å². The van der Waals surface area contributed by atoms with Gasteiger partial charge in [0.2, 0.25) is 0 Å². The molecule has 2 N–H and O–H groups in total. The summed E-state index contributed by atoms with van der Waals surface area (Å²) < 4.78 is 12.6. The molecule has 0 unspecified atom stereocenters. The standard InChI is InChI=1S/C22H26BrN3O4/c1-4-29-20-11-17(13-25-26-22(28)21(27)24-12-15(2)3)7-10-19(20)30-14-16-5-8-18(23)9-6-16/h5-11,13,15H,4,12,14H2,1-3H3,(H,24,27)(H,26,28)/b25-13-. The van der Waals surface area contributed by atoms with Gasteiger partial charge in [0.15, 0.2) is 11.5 Å². The maximum atomic E-state index is 11.7. The highest BCUT2D eigenvalue weighted by molar-refractivity contribution is 9.10. The van der Waals surface area contributed by atoms with Crippen LogP contribution in [0.3, 0.4) is 0 Å². The summed E-state index contributed by atoms with van der Waals surface area (Å²) in [5.74, 6) is -0.0979. The number of carbonyl (C=O) groups is 2. The molecule has 7 nitrogen and oxygen atoms in total. The van der Waals surface area contributed by atoms with E-state index < -0.39 is 11.8 Å². The van der Waals surface area contributed by atoms with Crippen LogP contribution in [0.4, 0.5) is 0 Å². The van der Waals surface area contributed by atoms with Gasteiger partial charge in [-0.3, -0.25) is 9.59 Å². The first-order valence-electron chi connectivity index (χ1n) is 9.64. The molecule has 0 bridgehead atoms. The van der Waals surface area contributed by atoms with E-state index >= 15 is 0 Å². The van der Waals surface area contributed by atoms with E-state index in [1.54, 1.807) is 18.2 Å². The molecule has 8 heteroatoms. The fourth-order valence-corrected chi connectivity index (χ4v) is 2.59. The minimum atomic E-state index is -0.814. The van der Waals surface area contributed by atoms with Crippen LogP contribution in [0.5, 0.6) is 11.5 Å². The summed E-state index contributed by atoms with van der Waals surface area (Å²) in [7, 11) is 0. The molecule has 2 amide bonds. The molecule has 30 heavy (non-hydrogen) atoms. The quantitative estimate of drug-likeness (QED) is 0.329. The number of ether oxygens (including phenoxy) is 2. The zero-order chi connectivity index (χ0) is 21.9. The predicted octanol–water partition coefficient (Wildman–Crippen LogP) is 3.65. The number of benzene rings is 2. The molecule has 0 spiro atoms. The number of amides is 2. The van der Waals surface area contributed by atoms with Crippen LogP contribution < -0.4 is 20.2 Å². The van der Waals surface area contributed by atoms with Crippen LogP contribution >= 0.6 is 15.9 Å². The largest absolute Gasteiger partial charge is 0.490 e. The van der Waals surface area contributed by atoms with E-state index in [2.05, 4.69) is 31.8 Å². The van der Waals surface area contributed by atoms with Crippen LogP contribution in [0.1, 0.15) is 31.9 Å². The van der Waals surface area contributed by atoms with Gasteiger partial charge in [-0.1, -0.05) is 41.9 Å². The number of hydrogen-bond acceptors (Lipinski definition) is 5. The van der Waals surface area contributed by atoms with Gasteiger partial charge >= 0.3 is 11.8 Å². The minimum absolute atomic E-state index is 0.256. The maximum absolute atomic E-state index is 11.7. The Bertz CT molecular complexity index is 882. The Morgan fingerprint density at radius 3 is 2.47 bits per heavy atom. The third kappa shape index (κ3) is 7.87. The number of rotatable bonds is 9. The molecule has 0 aliphatic heterocycles. The molecule has 2 aromatic rings. The molecule has 0 fully saturated rings. The average Bonchev–Trinajstić information content (AvgIpc) is 2.72. The highest BCUT2D eigenvalue weighted by Gasteiger charge is 2.12. The second kappa shape index (κ2) is 12.0. The second-order valence-corrected chi connectivity index (χ2v) is 7.77. The fourth-order valence-electron chi connectivity index (χ4n) is 2.33. The Morgan fingerprint density at radius 1 is 1.07 bits per heavy atom. The molecule has 0 saturated carbocycles. The zero-order valence-corrected chi connectivity index (χ0v) is 18.9. The number of hydrazone groups is 1. The zero-order valence-electron chi connectivity index (χ0n) is 17.3. The summed E-state index contributed by atoms with van der Waals surface area (Å²) >= 11 is 3.41. The van der Waals surface area contributed by atoms with Crippen LogP contribution in [0.25, 0.3) is 0 Å². The van der Waals surface area contributed by atoms with E-state index in [-0.39, 0.29) is 5.92 Å². The van der Waals surface area contributed by atoms with Crippen molar-refractivity contribution in [2.24, 2.45) is 11.0 Å². The molecular weight excluding hydrogens is 450 g/mol. The Hall–Kier alpha value is -2.87. The van der Waals surface area contributed by atoms with Gasteiger partial charge in [0, 0.05) is 11.0 Å². The molecule has 0 radical (unpaired) electrons. The fraction of sp³-hybridized carbons (Fsp3) is 0.318. The van der Waals surface area contributed by atoms with Crippen molar-refractivity contribution in [3.05, 3.63) is 58.1 Å². The van der Waals surface area contributed by atoms with Crippen molar-refractivity contribution in [3.63, 3.8) is 0 Å². The third-order valence-corrected chi connectivity index (χ3v) is 4.36. The predicted molar refractivity (Wildman–Crippen MR) is 120 cm³/mol. The van der Waals surface area contributed by atoms with Crippen molar-refractivity contribution in [3.8, 4) is 11.5 Å². The maximum Gasteiger partial charge on any atom is 0.329 e. The molecule has 0 aromatic heterocycles. The summed E-state index contributed by atoms with van der Waals surface area (Å²) in [6, 6.07) is 13.2. The lowest BCUT2D eigenvalue weighted by Crippen LogP contribution is -2.39. The van der Waals surface area contributed by atoms with E-state index in [0.717, 1.165) is 10.0 Å². The van der Waals surface area contributed by atoms with Crippen LogP contribution in [0.2, 0.25) is 0 Å². The summed E-state index contributed by atoms with van der Waals surface area (Å²) in [5, 5.41) is 6.37. The van der Waals surface area contributed by atoms with E-state index in [0.29, 0.717) is 36.8 Å².